The second-order valence-corrected chi connectivity index (χ2v) is 4.07. The number of nitrogen functional groups attached to an aromatic ring is 1. The fourth-order valence-electron chi connectivity index (χ4n) is 1.44. The molecule has 1 aromatic heterocycles. The highest BCUT2D eigenvalue weighted by atomic mass is 35.5. The molecule has 6 heteroatoms. The van der Waals surface area contributed by atoms with E-state index in [1.54, 1.807) is 18.2 Å². The number of alkyl halides is 3. The molecule has 2 aromatic rings. The van der Waals surface area contributed by atoms with Crippen LogP contribution in [0.2, 0.25) is 5.02 Å². The highest BCUT2D eigenvalue weighted by molar-refractivity contribution is 6.33. The van der Waals surface area contributed by atoms with Gasteiger partial charge in [-0.3, -0.25) is 4.98 Å². The number of halogens is 4. The van der Waals surface area contributed by atoms with Gasteiger partial charge in [-0.15, -0.1) is 0 Å². The third kappa shape index (κ3) is 2.56. The molecule has 0 amide bonds. The van der Waals surface area contributed by atoms with Crippen molar-refractivity contribution in [1.29, 1.82) is 0 Å². The molecule has 0 spiro atoms. The first-order chi connectivity index (χ1) is 8.38. The molecule has 2 N–H and O–H groups in total. The second kappa shape index (κ2) is 4.49. The predicted molar refractivity (Wildman–Crippen MR) is 64.1 cm³/mol. The monoisotopic (exact) mass is 272 g/mol. The van der Waals surface area contributed by atoms with Crippen molar-refractivity contribution in [3.05, 3.63) is 47.2 Å². The molecular formula is C12H8ClF3N2. The highest BCUT2D eigenvalue weighted by Gasteiger charge is 2.32. The minimum Gasteiger partial charge on any atom is -0.398 e. The topological polar surface area (TPSA) is 38.9 Å². The minimum atomic E-state index is -4.43. The van der Waals surface area contributed by atoms with Crippen molar-refractivity contribution in [3.63, 3.8) is 0 Å². The molecule has 0 atom stereocenters. The average molecular weight is 273 g/mol. The summed E-state index contributed by atoms with van der Waals surface area (Å²) in [6, 6.07) is 7.12. The molecule has 2 rings (SSSR count). The van der Waals surface area contributed by atoms with Crippen LogP contribution in [0.5, 0.6) is 0 Å². The van der Waals surface area contributed by atoms with Gasteiger partial charge in [-0.25, -0.2) is 0 Å². The maximum Gasteiger partial charge on any atom is 0.433 e. The number of anilines is 1. The van der Waals surface area contributed by atoms with Crippen molar-refractivity contribution in [3.8, 4) is 11.1 Å². The van der Waals surface area contributed by atoms with Crippen LogP contribution < -0.4 is 5.73 Å². The van der Waals surface area contributed by atoms with E-state index in [2.05, 4.69) is 4.98 Å². The highest BCUT2D eigenvalue weighted by Crippen LogP contribution is 2.30. The van der Waals surface area contributed by atoms with Crippen LogP contribution >= 0.6 is 11.6 Å². The Kier molecular flexibility index (Phi) is 3.17. The lowest BCUT2D eigenvalue weighted by molar-refractivity contribution is -0.141. The first kappa shape index (κ1) is 12.7. The fourth-order valence-corrected chi connectivity index (χ4v) is 1.62. The van der Waals surface area contributed by atoms with E-state index in [4.69, 9.17) is 17.3 Å². The number of aromatic nitrogens is 1. The molecule has 0 aliphatic rings. The van der Waals surface area contributed by atoms with Gasteiger partial charge in [0.1, 0.15) is 5.69 Å². The van der Waals surface area contributed by atoms with Crippen LogP contribution in [-0.4, -0.2) is 4.98 Å². The Morgan fingerprint density at radius 2 is 1.72 bits per heavy atom. The van der Waals surface area contributed by atoms with E-state index < -0.39 is 11.9 Å². The molecule has 0 unspecified atom stereocenters. The number of rotatable bonds is 1. The van der Waals surface area contributed by atoms with Crippen molar-refractivity contribution in [2.45, 2.75) is 6.18 Å². The number of benzene rings is 1. The van der Waals surface area contributed by atoms with Gasteiger partial charge in [0.2, 0.25) is 0 Å². The van der Waals surface area contributed by atoms with Crippen LogP contribution in [0, 0.1) is 0 Å². The van der Waals surface area contributed by atoms with E-state index in [0.29, 0.717) is 21.8 Å². The molecule has 2 nitrogen and oxygen atoms in total. The zero-order valence-corrected chi connectivity index (χ0v) is 9.76. The molecule has 0 saturated carbocycles. The van der Waals surface area contributed by atoms with Crippen molar-refractivity contribution in [2.24, 2.45) is 0 Å². The summed E-state index contributed by atoms with van der Waals surface area (Å²) in [5, 5.41) is 0.354. The molecule has 0 radical (unpaired) electrons. The third-order valence-electron chi connectivity index (χ3n) is 2.39. The van der Waals surface area contributed by atoms with Crippen molar-refractivity contribution < 1.29 is 13.2 Å². The Balaban J connectivity index is 2.37. The summed E-state index contributed by atoms with van der Waals surface area (Å²) < 4.78 is 37.0. The lowest BCUT2D eigenvalue weighted by Gasteiger charge is -2.07. The van der Waals surface area contributed by atoms with E-state index in [1.807, 2.05) is 0 Å². The van der Waals surface area contributed by atoms with Gasteiger partial charge in [0.25, 0.3) is 0 Å². The lowest BCUT2D eigenvalue weighted by atomic mass is 10.1. The summed E-state index contributed by atoms with van der Waals surface area (Å²) in [5.74, 6) is 0. The zero-order valence-electron chi connectivity index (χ0n) is 9.00. The molecule has 0 bridgehead atoms. The van der Waals surface area contributed by atoms with Crippen LogP contribution in [-0.2, 0) is 6.18 Å². The Labute approximate surface area is 106 Å². The average Bonchev–Trinajstić information content (AvgIpc) is 2.32. The first-order valence-corrected chi connectivity index (χ1v) is 5.34. The fraction of sp³-hybridized carbons (Fsp3) is 0.0833. The van der Waals surface area contributed by atoms with Gasteiger partial charge in [-0.05, 0) is 23.8 Å². The van der Waals surface area contributed by atoms with Crippen molar-refractivity contribution in [1.82, 2.24) is 4.98 Å². The normalized spacial score (nSPS) is 11.6. The summed E-state index contributed by atoms with van der Waals surface area (Å²) in [6.07, 6.45) is -3.28. The SMILES string of the molecule is Nc1ccc(-c2ccc(C(F)(F)F)nc2)cc1Cl. The molecule has 1 aromatic carbocycles. The molecule has 0 aliphatic heterocycles. The number of pyridine rings is 1. The Bertz CT molecular complexity index is 565. The maximum absolute atomic E-state index is 12.3. The summed E-state index contributed by atoms with van der Waals surface area (Å²) in [5.41, 5.74) is 6.25. The van der Waals surface area contributed by atoms with E-state index in [-0.39, 0.29) is 0 Å². The van der Waals surface area contributed by atoms with Crippen LogP contribution in [0.15, 0.2) is 36.5 Å². The molecule has 1 heterocycles. The quantitative estimate of drug-likeness (QED) is 0.797. The van der Waals surface area contributed by atoms with Crippen molar-refractivity contribution in [2.75, 3.05) is 5.73 Å². The van der Waals surface area contributed by atoms with Gasteiger partial charge in [-0.2, -0.15) is 13.2 Å². The van der Waals surface area contributed by atoms with Crippen molar-refractivity contribution >= 4 is 17.3 Å². The second-order valence-electron chi connectivity index (χ2n) is 3.67. The third-order valence-corrected chi connectivity index (χ3v) is 2.72. The lowest BCUT2D eigenvalue weighted by Crippen LogP contribution is -2.07. The smallest absolute Gasteiger partial charge is 0.398 e. The molecule has 0 aliphatic carbocycles. The van der Waals surface area contributed by atoms with Gasteiger partial charge in [-0.1, -0.05) is 23.7 Å². The zero-order chi connectivity index (χ0) is 13.3. The first-order valence-electron chi connectivity index (χ1n) is 4.96. The van der Waals surface area contributed by atoms with Gasteiger partial charge in [0.15, 0.2) is 0 Å². The summed E-state index contributed by atoms with van der Waals surface area (Å²) in [7, 11) is 0. The Hall–Kier alpha value is -1.75. The summed E-state index contributed by atoms with van der Waals surface area (Å²) in [4.78, 5) is 3.38. The Morgan fingerprint density at radius 1 is 1.06 bits per heavy atom. The largest absolute Gasteiger partial charge is 0.433 e. The molecular weight excluding hydrogens is 265 g/mol. The summed E-state index contributed by atoms with van der Waals surface area (Å²) in [6.45, 7) is 0. The molecule has 18 heavy (non-hydrogen) atoms. The van der Waals surface area contributed by atoms with E-state index in [0.717, 1.165) is 12.3 Å². The number of nitrogens with two attached hydrogens (primary N) is 1. The van der Waals surface area contributed by atoms with Crippen LogP contribution in [0.1, 0.15) is 5.69 Å². The van der Waals surface area contributed by atoms with Gasteiger partial charge >= 0.3 is 6.18 Å². The number of hydrogen-bond acceptors (Lipinski definition) is 2. The predicted octanol–water partition coefficient (Wildman–Crippen LogP) is 4.00. The van der Waals surface area contributed by atoms with E-state index in [1.165, 1.54) is 6.07 Å². The maximum atomic E-state index is 12.3. The van der Waals surface area contributed by atoms with Gasteiger partial charge < -0.3 is 5.73 Å². The molecule has 0 saturated heterocycles. The molecule has 0 fully saturated rings. The van der Waals surface area contributed by atoms with E-state index in [9.17, 15) is 13.2 Å². The molecule has 94 valence electrons. The minimum absolute atomic E-state index is 0.354. The van der Waals surface area contributed by atoms with Crippen LogP contribution in [0.3, 0.4) is 0 Å². The standard InChI is InChI=1S/C12H8ClF3N2/c13-9-5-7(1-3-10(9)17)8-2-4-11(18-6-8)12(14,15)16/h1-6H,17H2. The number of nitrogens with zero attached hydrogens (tertiary/aromatic N) is 1. The van der Waals surface area contributed by atoms with Gasteiger partial charge in [0, 0.05) is 11.8 Å². The summed E-state index contributed by atoms with van der Waals surface area (Å²) >= 11 is 5.84. The number of hydrogen-bond donors (Lipinski definition) is 1. The van der Waals surface area contributed by atoms with E-state index >= 15 is 0 Å². The van der Waals surface area contributed by atoms with Crippen LogP contribution in [0.25, 0.3) is 11.1 Å². The Morgan fingerprint density at radius 3 is 2.22 bits per heavy atom. The van der Waals surface area contributed by atoms with Gasteiger partial charge in [0.05, 0.1) is 10.7 Å². The van der Waals surface area contributed by atoms with Crippen LogP contribution in [0.4, 0.5) is 18.9 Å².